The minimum Gasteiger partial charge on any atom is -0.496 e. The Kier molecular flexibility index (Phi) is 5.66. The number of esters is 1. The molecule has 3 rings (SSSR count). The van der Waals surface area contributed by atoms with Gasteiger partial charge >= 0.3 is 5.97 Å². The summed E-state index contributed by atoms with van der Waals surface area (Å²) in [6.45, 7) is 1.90. The van der Waals surface area contributed by atoms with E-state index in [1.807, 2.05) is 30.3 Å². The van der Waals surface area contributed by atoms with Crippen LogP contribution in [0.1, 0.15) is 24.0 Å². The smallest absolute Gasteiger partial charge is 0.338 e. The Morgan fingerprint density at radius 1 is 1.18 bits per heavy atom. The summed E-state index contributed by atoms with van der Waals surface area (Å²) in [4.78, 5) is 13.0. The second kappa shape index (κ2) is 8.31. The number of nitriles is 1. The fourth-order valence-corrected chi connectivity index (χ4v) is 3.20. The molecule has 1 aliphatic rings. The molecule has 6 nitrogen and oxygen atoms in total. The number of allylic oxidation sites excluding steroid dienone is 1. The number of carbonyl (C=O) groups is 1. The van der Waals surface area contributed by atoms with Crippen LogP contribution >= 0.6 is 0 Å². The number of carbonyl (C=O) groups excluding carboxylic acids is 1. The third kappa shape index (κ3) is 3.42. The van der Waals surface area contributed by atoms with Gasteiger partial charge in [-0.1, -0.05) is 48.5 Å². The molecule has 1 aliphatic heterocycles. The van der Waals surface area contributed by atoms with Gasteiger partial charge in [-0.2, -0.15) is 5.26 Å². The first-order valence-corrected chi connectivity index (χ1v) is 8.79. The lowest BCUT2D eigenvalue weighted by atomic mass is 9.81. The van der Waals surface area contributed by atoms with Crippen molar-refractivity contribution >= 4 is 11.7 Å². The molecule has 28 heavy (non-hydrogen) atoms. The lowest BCUT2D eigenvalue weighted by Crippen LogP contribution is -2.26. The van der Waals surface area contributed by atoms with Gasteiger partial charge in [0.25, 0.3) is 0 Å². The molecule has 0 radical (unpaired) electrons. The van der Waals surface area contributed by atoms with Crippen molar-refractivity contribution in [2.24, 2.45) is 5.73 Å². The Labute approximate surface area is 163 Å². The zero-order valence-electron chi connectivity index (χ0n) is 15.6. The lowest BCUT2D eigenvalue weighted by molar-refractivity contribution is -0.138. The van der Waals surface area contributed by atoms with Crippen LogP contribution in [0.3, 0.4) is 0 Å². The van der Waals surface area contributed by atoms with E-state index in [0.717, 1.165) is 0 Å². The Morgan fingerprint density at radius 3 is 2.50 bits per heavy atom. The zero-order valence-corrected chi connectivity index (χ0v) is 15.6. The quantitative estimate of drug-likeness (QED) is 0.803. The van der Waals surface area contributed by atoms with Crippen LogP contribution < -0.4 is 10.5 Å². The third-order valence-corrected chi connectivity index (χ3v) is 4.40. The number of nitrogens with zero attached hydrogens (tertiary/aromatic N) is 1. The zero-order chi connectivity index (χ0) is 20.1. The summed E-state index contributed by atoms with van der Waals surface area (Å²) in [5, 5.41) is 9.76. The van der Waals surface area contributed by atoms with Crippen LogP contribution in [-0.4, -0.2) is 19.7 Å². The summed E-state index contributed by atoms with van der Waals surface area (Å²) in [5.74, 6) is -0.595. The first kappa shape index (κ1) is 19.1. The minimum atomic E-state index is -0.774. The van der Waals surface area contributed by atoms with E-state index in [1.165, 1.54) is 7.11 Å². The van der Waals surface area contributed by atoms with E-state index in [2.05, 4.69) is 6.07 Å². The fourth-order valence-electron chi connectivity index (χ4n) is 3.20. The van der Waals surface area contributed by atoms with Gasteiger partial charge in [0.2, 0.25) is 5.88 Å². The van der Waals surface area contributed by atoms with Gasteiger partial charge in [0.05, 0.1) is 25.2 Å². The second-order valence-corrected chi connectivity index (χ2v) is 6.00. The molecule has 0 aliphatic carbocycles. The highest BCUT2D eigenvalue weighted by atomic mass is 16.5. The molecule has 2 aromatic carbocycles. The number of ether oxygens (including phenoxy) is 3. The summed E-state index contributed by atoms with van der Waals surface area (Å²) in [5.41, 5.74) is 7.71. The molecule has 142 valence electrons. The van der Waals surface area contributed by atoms with E-state index < -0.39 is 11.9 Å². The molecule has 0 amide bonds. The molecule has 6 heteroatoms. The molecule has 0 fully saturated rings. The number of rotatable bonds is 5. The van der Waals surface area contributed by atoms with Crippen molar-refractivity contribution < 1.29 is 19.0 Å². The first-order valence-electron chi connectivity index (χ1n) is 8.79. The highest BCUT2D eigenvalue weighted by Crippen LogP contribution is 2.45. The van der Waals surface area contributed by atoms with Crippen LogP contribution in [0.4, 0.5) is 0 Å². The van der Waals surface area contributed by atoms with Crippen molar-refractivity contribution in [1.29, 1.82) is 5.26 Å². The Morgan fingerprint density at radius 2 is 1.86 bits per heavy atom. The first-order chi connectivity index (χ1) is 13.6. The summed E-state index contributed by atoms with van der Waals surface area (Å²) < 4.78 is 16.5. The molecular formula is C22H20N2O4. The van der Waals surface area contributed by atoms with Crippen LogP contribution in [0.25, 0.3) is 5.76 Å². The molecule has 0 saturated carbocycles. The molecule has 0 spiro atoms. The van der Waals surface area contributed by atoms with E-state index in [9.17, 15) is 10.1 Å². The van der Waals surface area contributed by atoms with Crippen LogP contribution in [0.15, 0.2) is 71.6 Å². The van der Waals surface area contributed by atoms with Gasteiger partial charge in [-0.15, -0.1) is 0 Å². The minimum absolute atomic E-state index is 0.0506. The number of nitrogens with two attached hydrogens (primary N) is 1. The molecule has 0 saturated heterocycles. The molecule has 2 aromatic rings. The van der Waals surface area contributed by atoms with E-state index in [1.54, 1.807) is 31.2 Å². The molecular weight excluding hydrogens is 356 g/mol. The van der Waals surface area contributed by atoms with Crippen molar-refractivity contribution in [1.82, 2.24) is 0 Å². The van der Waals surface area contributed by atoms with Gasteiger partial charge in [-0.25, -0.2) is 4.79 Å². The largest absolute Gasteiger partial charge is 0.496 e. The monoisotopic (exact) mass is 376 g/mol. The summed E-state index contributed by atoms with van der Waals surface area (Å²) in [6.07, 6.45) is 0. The van der Waals surface area contributed by atoms with Crippen LogP contribution in [0.5, 0.6) is 5.75 Å². The van der Waals surface area contributed by atoms with Crippen molar-refractivity contribution in [2.75, 3.05) is 13.7 Å². The average Bonchev–Trinajstić information content (AvgIpc) is 2.73. The highest BCUT2D eigenvalue weighted by molar-refractivity contribution is 6.00. The van der Waals surface area contributed by atoms with E-state index >= 15 is 0 Å². The van der Waals surface area contributed by atoms with Gasteiger partial charge in [-0.3, -0.25) is 0 Å². The van der Waals surface area contributed by atoms with Crippen molar-refractivity contribution in [2.45, 2.75) is 12.8 Å². The standard InChI is InChI=1S/C22H20N2O4/c1-3-27-22(25)19-18(15-11-7-8-12-17(15)26-2)16(13-23)21(24)28-20(19)14-9-5-4-6-10-14/h4-12,18H,3,24H2,1-2H3. The number of hydrogen-bond donors (Lipinski definition) is 1. The van der Waals surface area contributed by atoms with Gasteiger partial charge in [0.1, 0.15) is 23.2 Å². The van der Waals surface area contributed by atoms with E-state index in [4.69, 9.17) is 19.9 Å². The van der Waals surface area contributed by atoms with Gasteiger partial charge < -0.3 is 19.9 Å². The third-order valence-electron chi connectivity index (χ3n) is 4.40. The van der Waals surface area contributed by atoms with E-state index in [-0.39, 0.29) is 29.4 Å². The maximum absolute atomic E-state index is 13.0. The average molecular weight is 376 g/mol. The van der Waals surface area contributed by atoms with Crippen molar-refractivity contribution in [3.8, 4) is 11.8 Å². The van der Waals surface area contributed by atoms with Gasteiger partial charge in [0.15, 0.2) is 0 Å². The summed E-state index contributed by atoms with van der Waals surface area (Å²) in [7, 11) is 1.53. The maximum Gasteiger partial charge on any atom is 0.338 e. The fraction of sp³-hybridized carbons (Fsp3) is 0.182. The number of benzene rings is 2. The van der Waals surface area contributed by atoms with Crippen molar-refractivity contribution in [3.05, 3.63) is 82.8 Å². The van der Waals surface area contributed by atoms with Gasteiger partial charge in [-0.05, 0) is 13.0 Å². The Balaban J connectivity index is 2.32. The predicted octanol–water partition coefficient (Wildman–Crippen LogP) is 3.48. The van der Waals surface area contributed by atoms with Crippen LogP contribution in [-0.2, 0) is 14.3 Å². The number of methoxy groups -OCH3 is 1. The number of para-hydroxylation sites is 1. The molecule has 1 atom stereocenters. The highest BCUT2D eigenvalue weighted by Gasteiger charge is 2.39. The molecule has 2 N–H and O–H groups in total. The van der Waals surface area contributed by atoms with E-state index in [0.29, 0.717) is 16.9 Å². The summed E-state index contributed by atoms with van der Waals surface area (Å²) in [6, 6.07) is 18.4. The maximum atomic E-state index is 13.0. The van der Waals surface area contributed by atoms with Crippen LogP contribution in [0.2, 0.25) is 0 Å². The predicted molar refractivity (Wildman–Crippen MR) is 104 cm³/mol. The molecule has 0 bridgehead atoms. The normalized spacial score (nSPS) is 16.2. The summed E-state index contributed by atoms with van der Waals surface area (Å²) >= 11 is 0. The molecule has 1 unspecified atom stereocenters. The topological polar surface area (TPSA) is 94.6 Å². The Bertz CT molecular complexity index is 987. The van der Waals surface area contributed by atoms with Crippen LogP contribution in [0, 0.1) is 11.3 Å². The van der Waals surface area contributed by atoms with Gasteiger partial charge in [0, 0.05) is 11.1 Å². The second-order valence-electron chi connectivity index (χ2n) is 6.00. The number of hydrogen-bond acceptors (Lipinski definition) is 6. The van der Waals surface area contributed by atoms with Crippen molar-refractivity contribution in [3.63, 3.8) is 0 Å². The Hall–Kier alpha value is -3.72. The SMILES string of the molecule is CCOC(=O)C1=C(c2ccccc2)OC(N)=C(C#N)C1c1ccccc1OC. The molecule has 0 aromatic heterocycles. The molecule has 1 heterocycles. The lowest BCUT2D eigenvalue weighted by Gasteiger charge is -2.29.